The van der Waals surface area contributed by atoms with Gasteiger partial charge < -0.3 is 4.74 Å². The summed E-state index contributed by atoms with van der Waals surface area (Å²) in [6, 6.07) is 5.55. The number of benzene rings is 1. The highest BCUT2D eigenvalue weighted by Gasteiger charge is 2.45. The van der Waals surface area contributed by atoms with Crippen molar-refractivity contribution in [3.8, 4) is 5.75 Å². The van der Waals surface area contributed by atoms with Crippen LogP contribution in [0.1, 0.15) is 25.3 Å². The molecule has 126 valence electrons. The maximum absolute atomic E-state index is 12.3. The number of ether oxygens (including phenoxy) is 1. The predicted molar refractivity (Wildman–Crippen MR) is 92.9 cm³/mol. The summed E-state index contributed by atoms with van der Waals surface area (Å²) >= 11 is 3.47. The van der Waals surface area contributed by atoms with Crippen LogP contribution in [-0.2, 0) is 9.59 Å². The van der Waals surface area contributed by atoms with E-state index in [9.17, 15) is 9.59 Å². The van der Waals surface area contributed by atoms with E-state index < -0.39 is 17.8 Å². The minimum Gasteiger partial charge on any atom is -0.496 e. The standard InChI is InChI=1S/C16H17BrN4O3/c1-7-12(15(22)20-18-7)14(13-8(2)19-21-16(13)23)9-4-5-11(24-3)10(17)6-9/h4-6,12-14H,1-3H3,(H,20,22)(H,21,23). The fourth-order valence-electron chi connectivity index (χ4n) is 3.26. The summed E-state index contributed by atoms with van der Waals surface area (Å²) in [7, 11) is 1.58. The van der Waals surface area contributed by atoms with Crippen LogP contribution < -0.4 is 15.6 Å². The first-order valence-electron chi connectivity index (χ1n) is 7.45. The highest BCUT2D eigenvalue weighted by Crippen LogP contribution is 2.40. The fraction of sp³-hybridized carbons (Fsp3) is 0.375. The number of methoxy groups -OCH3 is 1. The lowest BCUT2D eigenvalue weighted by atomic mass is 9.73. The maximum Gasteiger partial charge on any atom is 0.249 e. The summed E-state index contributed by atoms with van der Waals surface area (Å²) in [6.07, 6.45) is 0. The SMILES string of the molecule is COc1ccc(C(C2C(=O)NN=C2C)C2C(=O)NN=C2C)cc1Br. The zero-order chi connectivity index (χ0) is 17.4. The summed E-state index contributed by atoms with van der Waals surface area (Å²) in [5, 5.41) is 8.06. The Balaban J connectivity index is 2.10. The van der Waals surface area contributed by atoms with Gasteiger partial charge >= 0.3 is 0 Å². The Kier molecular flexibility index (Phi) is 4.40. The van der Waals surface area contributed by atoms with Crippen molar-refractivity contribution in [3.63, 3.8) is 0 Å². The van der Waals surface area contributed by atoms with Gasteiger partial charge in [0.05, 0.1) is 23.4 Å². The molecule has 0 aliphatic carbocycles. The van der Waals surface area contributed by atoms with Gasteiger partial charge in [-0.25, -0.2) is 10.9 Å². The first kappa shape index (κ1) is 16.6. The number of nitrogens with one attached hydrogen (secondary N) is 2. The summed E-state index contributed by atoms with van der Waals surface area (Å²) in [5.74, 6) is -1.19. The number of hydrazone groups is 2. The Morgan fingerprint density at radius 1 is 1.08 bits per heavy atom. The molecule has 0 spiro atoms. The molecule has 1 aromatic carbocycles. The van der Waals surface area contributed by atoms with E-state index in [1.807, 2.05) is 18.2 Å². The van der Waals surface area contributed by atoms with Crippen LogP contribution in [0, 0.1) is 11.8 Å². The quantitative estimate of drug-likeness (QED) is 0.817. The number of carbonyl (C=O) groups excluding carboxylic acids is 2. The van der Waals surface area contributed by atoms with Gasteiger partial charge in [-0.05, 0) is 47.5 Å². The molecule has 0 bridgehead atoms. The second kappa shape index (κ2) is 6.35. The molecule has 2 N–H and O–H groups in total. The fourth-order valence-corrected chi connectivity index (χ4v) is 3.82. The van der Waals surface area contributed by atoms with Crippen LogP contribution in [0.3, 0.4) is 0 Å². The van der Waals surface area contributed by atoms with E-state index in [0.717, 1.165) is 10.0 Å². The Morgan fingerprint density at radius 2 is 1.62 bits per heavy atom. The molecule has 2 aliphatic heterocycles. The molecule has 2 aliphatic rings. The molecule has 2 unspecified atom stereocenters. The zero-order valence-electron chi connectivity index (χ0n) is 13.5. The third kappa shape index (κ3) is 2.71. The minimum atomic E-state index is -0.524. The van der Waals surface area contributed by atoms with E-state index in [2.05, 4.69) is 37.0 Å². The van der Waals surface area contributed by atoms with Crippen LogP contribution in [0.2, 0.25) is 0 Å². The normalized spacial score (nSPS) is 24.2. The van der Waals surface area contributed by atoms with Crippen LogP contribution in [-0.4, -0.2) is 30.3 Å². The van der Waals surface area contributed by atoms with Crippen molar-refractivity contribution in [1.29, 1.82) is 0 Å². The van der Waals surface area contributed by atoms with Gasteiger partial charge in [0.15, 0.2) is 0 Å². The van der Waals surface area contributed by atoms with Gasteiger partial charge in [0, 0.05) is 17.3 Å². The number of hydrogen-bond acceptors (Lipinski definition) is 5. The van der Waals surface area contributed by atoms with Crippen molar-refractivity contribution < 1.29 is 14.3 Å². The third-order valence-corrected chi connectivity index (χ3v) is 5.05. The Hall–Kier alpha value is -2.22. The number of nitrogens with zero attached hydrogens (tertiary/aromatic N) is 2. The van der Waals surface area contributed by atoms with Gasteiger partial charge in [-0.1, -0.05) is 6.07 Å². The molecule has 0 aromatic heterocycles. The summed E-state index contributed by atoms with van der Waals surface area (Å²) in [4.78, 5) is 24.7. The van der Waals surface area contributed by atoms with E-state index in [1.54, 1.807) is 21.0 Å². The monoisotopic (exact) mass is 392 g/mol. The topological polar surface area (TPSA) is 92.1 Å². The van der Waals surface area contributed by atoms with Crippen LogP contribution in [0.25, 0.3) is 0 Å². The molecule has 24 heavy (non-hydrogen) atoms. The van der Waals surface area contributed by atoms with Crippen molar-refractivity contribution in [2.24, 2.45) is 22.0 Å². The van der Waals surface area contributed by atoms with Crippen LogP contribution >= 0.6 is 15.9 Å². The summed E-state index contributed by atoms with van der Waals surface area (Å²) < 4.78 is 6.02. The number of amides is 2. The number of carbonyl (C=O) groups is 2. The molecule has 2 atom stereocenters. The van der Waals surface area contributed by atoms with Gasteiger partial charge in [-0.2, -0.15) is 10.2 Å². The first-order chi connectivity index (χ1) is 11.4. The number of halogens is 1. The highest BCUT2D eigenvalue weighted by molar-refractivity contribution is 9.10. The molecule has 0 radical (unpaired) electrons. The van der Waals surface area contributed by atoms with E-state index >= 15 is 0 Å². The largest absolute Gasteiger partial charge is 0.496 e. The molecule has 3 rings (SSSR count). The highest BCUT2D eigenvalue weighted by atomic mass is 79.9. The Morgan fingerprint density at radius 3 is 2.00 bits per heavy atom. The Bertz CT molecular complexity index is 737. The molecular weight excluding hydrogens is 376 g/mol. The molecule has 8 heteroatoms. The van der Waals surface area contributed by atoms with E-state index in [1.165, 1.54) is 0 Å². The average Bonchev–Trinajstić information content (AvgIpc) is 3.05. The second-order valence-electron chi connectivity index (χ2n) is 5.83. The average molecular weight is 393 g/mol. The minimum absolute atomic E-state index is 0.211. The molecular formula is C16H17BrN4O3. The van der Waals surface area contributed by atoms with Gasteiger partial charge in [0.2, 0.25) is 11.8 Å². The molecule has 1 aromatic rings. The molecule has 2 heterocycles. The molecule has 0 fully saturated rings. The van der Waals surface area contributed by atoms with Gasteiger partial charge in [0.1, 0.15) is 5.75 Å². The van der Waals surface area contributed by atoms with Crippen molar-refractivity contribution in [1.82, 2.24) is 10.9 Å². The molecule has 2 amide bonds. The van der Waals surface area contributed by atoms with E-state index in [4.69, 9.17) is 4.74 Å². The van der Waals surface area contributed by atoms with Crippen LogP contribution in [0.15, 0.2) is 32.9 Å². The predicted octanol–water partition coefficient (Wildman–Crippen LogP) is 1.79. The van der Waals surface area contributed by atoms with Gasteiger partial charge in [0.25, 0.3) is 0 Å². The summed E-state index contributed by atoms with van der Waals surface area (Å²) in [6.45, 7) is 3.57. The van der Waals surface area contributed by atoms with E-state index in [0.29, 0.717) is 17.2 Å². The first-order valence-corrected chi connectivity index (χ1v) is 8.25. The lowest BCUT2D eigenvalue weighted by Gasteiger charge is -2.27. The van der Waals surface area contributed by atoms with Crippen molar-refractivity contribution in [3.05, 3.63) is 28.2 Å². The smallest absolute Gasteiger partial charge is 0.249 e. The molecule has 7 nitrogen and oxygen atoms in total. The molecule has 0 saturated carbocycles. The van der Waals surface area contributed by atoms with Crippen molar-refractivity contribution >= 4 is 39.2 Å². The van der Waals surface area contributed by atoms with Crippen LogP contribution in [0.5, 0.6) is 5.75 Å². The van der Waals surface area contributed by atoms with Crippen molar-refractivity contribution in [2.45, 2.75) is 19.8 Å². The molecule has 0 saturated heterocycles. The van der Waals surface area contributed by atoms with Gasteiger partial charge in [-0.15, -0.1) is 0 Å². The van der Waals surface area contributed by atoms with E-state index in [-0.39, 0.29) is 11.8 Å². The van der Waals surface area contributed by atoms with Crippen LogP contribution in [0.4, 0.5) is 0 Å². The Labute approximate surface area is 147 Å². The number of rotatable bonds is 4. The maximum atomic E-state index is 12.3. The lowest BCUT2D eigenvalue weighted by Crippen LogP contribution is -2.38. The lowest BCUT2D eigenvalue weighted by molar-refractivity contribution is -0.124. The zero-order valence-corrected chi connectivity index (χ0v) is 15.0. The number of hydrogen-bond donors (Lipinski definition) is 2. The third-order valence-electron chi connectivity index (χ3n) is 4.43. The summed E-state index contributed by atoms with van der Waals surface area (Å²) in [5.41, 5.74) is 7.16. The van der Waals surface area contributed by atoms with Crippen molar-refractivity contribution in [2.75, 3.05) is 7.11 Å². The second-order valence-corrected chi connectivity index (χ2v) is 6.69. The van der Waals surface area contributed by atoms with Gasteiger partial charge in [-0.3, -0.25) is 9.59 Å².